The van der Waals surface area contributed by atoms with Gasteiger partial charge >= 0.3 is 6.18 Å². The fraction of sp³-hybridized carbons (Fsp3) is 0.462. The second-order valence-corrected chi connectivity index (χ2v) is 4.48. The number of halogens is 3. The van der Waals surface area contributed by atoms with Crippen molar-refractivity contribution in [3.63, 3.8) is 0 Å². The van der Waals surface area contributed by atoms with Gasteiger partial charge in [-0.1, -0.05) is 0 Å². The molecule has 0 aliphatic carbocycles. The SMILES string of the molecule is O=C(Nc1ccc(C(F)(F)F)cc1)C1CCCOC1. The topological polar surface area (TPSA) is 38.3 Å². The van der Waals surface area contributed by atoms with Crippen LogP contribution in [-0.4, -0.2) is 19.1 Å². The third-order valence-electron chi connectivity index (χ3n) is 3.01. The van der Waals surface area contributed by atoms with E-state index in [0.29, 0.717) is 18.9 Å². The maximum atomic E-state index is 12.4. The minimum atomic E-state index is -4.36. The Balaban J connectivity index is 1.97. The minimum Gasteiger partial charge on any atom is -0.381 e. The molecule has 1 aromatic carbocycles. The van der Waals surface area contributed by atoms with Gasteiger partial charge in [-0.15, -0.1) is 0 Å². The maximum absolute atomic E-state index is 12.4. The molecular formula is C13H14F3NO2. The van der Waals surface area contributed by atoms with Crippen LogP contribution in [0.5, 0.6) is 0 Å². The van der Waals surface area contributed by atoms with Crippen molar-refractivity contribution in [2.75, 3.05) is 18.5 Å². The Bertz CT molecular complexity index is 436. The molecule has 1 amide bonds. The predicted molar refractivity (Wildman–Crippen MR) is 63.6 cm³/mol. The Kier molecular flexibility index (Phi) is 4.09. The molecule has 104 valence electrons. The zero-order valence-electron chi connectivity index (χ0n) is 10.2. The number of rotatable bonds is 2. The van der Waals surface area contributed by atoms with Crippen LogP contribution in [-0.2, 0) is 15.7 Å². The van der Waals surface area contributed by atoms with Gasteiger partial charge in [0.05, 0.1) is 18.1 Å². The van der Waals surface area contributed by atoms with Crippen LogP contribution in [0.3, 0.4) is 0 Å². The first-order chi connectivity index (χ1) is 8.97. The molecule has 1 fully saturated rings. The van der Waals surface area contributed by atoms with E-state index in [0.717, 1.165) is 25.0 Å². The largest absolute Gasteiger partial charge is 0.416 e. The molecule has 3 nitrogen and oxygen atoms in total. The minimum absolute atomic E-state index is 0.209. The van der Waals surface area contributed by atoms with Gasteiger partial charge in [-0.05, 0) is 37.1 Å². The predicted octanol–water partition coefficient (Wildman–Crippen LogP) is 3.07. The van der Waals surface area contributed by atoms with Crippen molar-refractivity contribution < 1.29 is 22.7 Å². The standard InChI is InChI=1S/C13H14F3NO2/c14-13(15,16)10-3-5-11(6-4-10)17-12(18)9-2-1-7-19-8-9/h3-6,9H,1-2,7-8H2,(H,17,18). The Morgan fingerprint density at radius 3 is 2.47 bits per heavy atom. The number of anilines is 1. The molecule has 1 saturated heterocycles. The third-order valence-corrected chi connectivity index (χ3v) is 3.01. The Morgan fingerprint density at radius 2 is 1.95 bits per heavy atom. The monoisotopic (exact) mass is 273 g/mol. The summed E-state index contributed by atoms with van der Waals surface area (Å²) in [5.74, 6) is -0.435. The summed E-state index contributed by atoms with van der Waals surface area (Å²) in [6.07, 6.45) is -2.79. The Labute approximate surface area is 108 Å². The summed E-state index contributed by atoms with van der Waals surface area (Å²) in [5.41, 5.74) is -0.366. The molecule has 0 saturated carbocycles. The number of benzene rings is 1. The number of alkyl halides is 3. The molecule has 0 aromatic heterocycles. The van der Waals surface area contributed by atoms with E-state index < -0.39 is 11.7 Å². The van der Waals surface area contributed by atoms with E-state index in [-0.39, 0.29) is 11.8 Å². The zero-order chi connectivity index (χ0) is 13.9. The van der Waals surface area contributed by atoms with Gasteiger partial charge in [0.1, 0.15) is 0 Å². The molecule has 6 heteroatoms. The zero-order valence-corrected chi connectivity index (χ0v) is 10.2. The lowest BCUT2D eigenvalue weighted by Crippen LogP contribution is -2.30. The summed E-state index contributed by atoms with van der Waals surface area (Å²) in [7, 11) is 0. The van der Waals surface area contributed by atoms with E-state index >= 15 is 0 Å². The van der Waals surface area contributed by atoms with Crippen LogP contribution in [0.15, 0.2) is 24.3 Å². The molecule has 1 aliphatic rings. The van der Waals surface area contributed by atoms with Crippen LogP contribution in [0.4, 0.5) is 18.9 Å². The first-order valence-electron chi connectivity index (χ1n) is 6.02. The van der Waals surface area contributed by atoms with Gasteiger partial charge in [0.15, 0.2) is 0 Å². The van der Waals surface area contributed by atoms with E-state index in [4.69, 9.17) is 4.74 Å². The Morgan fingerprint density at radius 1 is 1.26 bits per heavy atom. The number of hydrogen-bond donors (Lipinski definition) is 1. The normalized spacial score (nSPS) is 20.1. The van der Waals surface area contributed by atoms with Crippen LogP contribution in [0.25, 0.3) is 0 Å². The average molecular weight is 273 g/mol. The van der Waals surface area contributed by atoms with Gasteiger partial charge in [-0.25, -0.2) is 0 Å². The number of ether oxygens (including phenoxy) is 1. The number of carbonyl (C=O) groups excluding carboxylic acids is 1. The highest BCUT2D eigenvalue weighted by molar-refractivity contribution is 5.92. The van der Waals surface area contributed by atoms with Crippen molar-refractivity contribution >= 4 is 11.6 Å². The lowest BCUT2D eigenvalue weighted by Gasteiger charge is -2.21. The summed E-state index contributed by atoms with van der Waals surface area (Å²) < 4.78 is 42.3. The summed E-state index contributed by atoms with van der Waals surface area (Å²) in [5, 5.41) is 2.60. The van der Waals surface area contributed by atoms with E-state index in [2.05, 4.69) is 5.32 Å². The van der Waals surface area contributed by atoms with Crippen LogP contribution < -0.4 is 5.32 Å². The number of hydrogen-bond acceptors (Lipinski definition) is 2. The summed E-state index contributed by atoms with van der Waals surface area (Å²) in [6, 6.07) is 4.41. The van der Waals surface area contributed by atoms with Gasteiger partial charge in [0.25, 0.3) is 0 Å². The van der Waals surface area contributed by atoms with Crippen molar-refractivity contribution in [1.82, 2.24) is 0 Å². The second kappa shape index (κ2) is 5.61. The molecule has 1 heterocycles. The van der Waals surface area contributed by atoms with Crippen LogP contribution in [0.2, 0.25) is 0 Å². The van der Waals surface area contributed by atoms with Crippen molar-refractivity contribution in [3.8, 4) is 0 Å². The molecule has 0 radical (unpaired) electrons. The molecule has 1 aromatic rings. The van der Waals surface area contributed by atoms with Crippen LogP contribution in [0, 0.1) is 5.92 Å². The van der Waals surface area contributed by atoms with E-state index in [1.165, 1.54) is 12.1 Å². The molecule has 2 rings (SSSR count). The van der Waals surface area contributed by atoms with Gasteiger partial charge in [-0.3, -0.25) is 4.79 Å². The highest BCUT2D eigenvalue weighted by Crippen LogP contribution is 2.30. The van der Waals surface area contributed by atoms with Crippen LogP contribution >= 0.6 is 0 Å². The van der Waals surface area contributed by atoms with Gasteiger partial charge in [-0.2, -0.15) is 13.2 Å². The van der Waals surface area contributed by atoms with Crippen molar-refractivity contribution in [2.45, 2.75) is 19.0 Å². The summed E-state index contributed by atoms with van der Waals surface area (Å²) >= 11 is 0. The first kappa shape index (κ1) is 13.9. The first-order valence-corrected chi connectivity index (χ1v) is 6.02. The van der Waals surface area contributed by atoms with Crippen molar-refractivity contribution in [3.05, 3.63) is 29.8 Å². The molecule has 19 heavy (non-hydrogen) atoms. The maximum Gasteiger partial charge on any atom is 0.416 e. The molecule has 0 bridgehead atoms. The molecule has 1 N–H and O–H groups in total. The van der Waals surface area contributed by atoms with E-state index in [9.17, 15) is 18.0 Å². The number of carbonyl (C=O) groups is 1. The lowest BCUT2D eigenvalue weighted by molar-refractivity contribution is -0.137. The summed E-state index contributed by atoms with van der Waals surface area (Å²) in [4.78, 5) is 11.8. The fourth-order valence-electron chi connectivity index (χ4n) is 1.93. The van der Waals surface area contributed by atoms with Gasteiger partial charge in [0, 0.05) is 12.3 Å². The smallest absolute Gasteiger partial charge is 0.381 e. The number of amides is 1. The van der Waals surface area contributed by atoms with Crippen LogP contribution in [0.1, 0.15) is 18.4 Å². The molecule has 1 unspecified atom stereocenters. The quantitative estimate of drug-likeness (QED) is 0.899. The Hall–Kier alpha value is -1.56. The lowest BCUT2D eigenvalue weighted by atomic mass is 10.0. The van der Waals surface area contributed by atoms with E-state index in [1.807, 2.05) is 0 Å². The van der Waals surface area contributed by atoms with Gasteiger partial charge < -0.3 is 10.1 Å². The molecule has 0 spiro atoms. The van der Waals surface area contributed by atoms with Crippen molar-refractivity contribution in [1.29, 1.82) is 0 Å². The highest BCUT2D eigenvalue weighted by Gasteiger charge is 2.30. The average Bonchev–Trinajstić information content (AvgIpc) is 2.39. The second-order valence-electron chi connectivity index (χ2n) is 4.48. The number of nitrogens with one attached hydrogen (secondary N) is 1. The molecular weight excluding hydrogens is 259 g/mol. The fourth-order valence-corrected chi connectivity index (χ4v) is 1.93. The van der Waals surface area contributed by atoms with Crippen molar-refractivity contribution in [2.24, 2.45) is 5.92 Å². The van der Waals surface area contributed by atoms with E-state index in [1.54, 1.807) is 0 Å². The summed E-state index contributed by atoms with van der Waals surface area (Å²) in [6.45, 7) is 1.02. The third kappa shape index (κ3) is 3.70. The molecule has 1 atom stereocenters. The van der Waals surface area contributed by atoms with Gasteiger partial charge in [0.2, 0.25) is 5.91 Å². The highest BCUT2D eigenvalue weighted by atomic mass is 19.4. The molecule has 1 aliphatic heterocycles.